The molecule has 0 bridgehead atoms. The van der Waals surface area contributed by atoms with Crippen LogP contribution in [0.3, 0.4) is 0 Å². The molecule has 0 unspecified atom stereocenters. The van der Waals surface area contributed by atoms with Crippen molar-refractivity contribution in [2.75, 3.05) is 7.05 Å². The molecule has 2 nitrogen and oxygen atoms in total. The molecular formula is C13H18N2. The van der Waals surface area contributed by atoms with Gasteiger partial charge >= 0.3 is 0 Å². The summed E-state index contributed by atoms with van der Waals surface area (Å²) in [6, 6.07) is 6.76. The lowest BCUT2D eigenvalue weighted by Gasteiger charge is -2.05. The van der Waals surface area contributed by atoms with Gasteiger partial charge in [0.1, 0.15) is 0 Å². The number of aryl methyl sites for hydroxylation is 3. The molecule has 0 radical (unpaired) electrons. The highest BCUT2D eigenvalue weighted by Crippen LogP contribution is 2.23. The Morgan fingerprint density at radius 1 is 1.20 bits per heavy atom. The van der Waals surface area contributed by atoms with Gasteiger partial charge in [-0.15, -0.1) is 0 Å². The quantitative estimate of drug-likeness (QED) is 0.791. The third-order valence-electron chi connectivity index (χ3n) is 2.92. The minimum Gasteiger partial charge on any atom is -0.346 e. The molecule has 2 rings (SSSR count). The second-order valence-corrected chi connectivity index (χ2v) is 4.24. The van der Waals surface area contributed by atoms with Crippen molar-refractivity contribution in [3.05, 3.63) is 35.0 Å². The SMILES string of the molecule is CNCc1cc2cc(C)cc(C)c2n1C. The van der Waals surface area contributed by atoms with Crippen molar-refractivity contribution >= 4 is 10.9 Å². The first-order chi connectivity index (χ1) is 7.13. The number of nitrogens with one attached hydrogen (secondary N) is 1. The normalized spacial score (nSPS) is 11.2. The van der Waals surface area contributed by atoms with E-state index in [2.05, 4.69) is 49.0 Å². The number of aromatic nitrogens is 1. The van der Waals surface area contributed by atoms with Crippen molar-refractivity contribution in [3.8, 4) is 0 Å². The van der Waals surface area contributed by atoms with Gasteiger partial charge in [-0.3, -0.25) is 0 Å². The van der Waals surface area contributed by atoms with E-state index in [1.165, 1.54) is 27.7 Å². The summed E-state index contributed by atoms with van der Waals surface area (Å²) in [5.74, 6) is 0. The Balaban J connectivity index is 2.70. The second kappa shape index (κ2) is 3.70. The highest BCUT2D eigenvalue weighted by atomic mass is 15.0. The highest BCUT2D eigenvalue weighted by Gasteiger charge is 2.07. The number of nitrogens with zero attached hydrogens (tertiary/aromatic N) is 1. The lowest BCUT2D eigenvalue weighted by atomic mass is 10.1. The van der Waals surface area contributed by atoms with Gasteiger partial charge in [-0.2, -0.15) is 0 Å². The van der Waals surface area contributed by atoms with Crippen LogP contribution in [0.25, 0.3) is 10.9 Å². The van der Waals surface area contributed by atoms with Crippen LogP contribution in [0.2, 0.25) is 0 Å². The fourth-order valence-corrected chi connectivity index (χ4v) is 2.33. The summed E-state index contributed by atoms with van der Waals surface area (Å²) in [5, 5.41) is 4.55. The van der Waals surface area contributed by atoms with Gasteiger partial charge in [0.15, 0.2) is 0 Å². The Morgan fingerprint density at radius 2 is 1.93 bits per heavy atom. The number of fused-ring (bicyclic) bond motifs is 1. The van der Waals surface area contributed by atoms with Crippen LogP contribution in [0.4, 0.5) is 0 Å². The van der Waals surface area contributed by atoms with E-state index in [-0.39, 0.29) is 0 Å². The van der Waals surface area contributed by atoms with Gasteiger partial charge < -0.3 is 9.88 Å². The monoisotopic (exact) mass is 202 g/mol. The average Bonchev–Trinajstić information content (AvgIpc) is 2.43. The molecule has 0 fully saturated rings. The van der Waals surface area contributed by atoms with Crippen LogP contribution < -0.4 is 5.32 Å². The smallest absolute Gasteiger partial charge is 0.0510 e. The second-order valence-electron chi connectivity index (χ2n) is 4.24. The molecule has 0 aliphatic carbocycles. The number of hydrogen-bond donors (Lipinski definition) is 1. The predicted octanol–water partition coefficient (Wildman–Crippen LogP) is 2.51. The van der Waals surface area contributed by atoms with E-state index in [4.69, 9.17) is 0 Å². The van der Waals surface area contributed by atoms with Gasteiger partial charge in [0, 0.05) is 24.7 Å². The molecule has 2 aromatic rings. The molecular weight excluding hydrogens is 184 g/mol. The van der Waals surface area contributed by atoms with Crippen molar-refractivity contribution in [2.24, 2.45) is 7.05 Å². The summed E-state index contributed by atoms with van der Waals surface area (Å²) in [6.07, 6.45) is 0. The van der Waals surface area contributed by atoms with E-state index < -0.39 is 0 Å². The average molecular weight is 202 g/mol. The van der Waals surface area contributed by atoms with E-state index in [0.29, 0.717) is 0 Å². The summed E-state index contributed by atoms with van der Waals surface area (Å²) in [7, 11) is 4.12. The fraction of sp³-hybridized carbons (Fsp3) is 0.385. The largest absolute Gasteiger partial charge is 0.346 e. The predicted molar refractivity (Wildman–Crippen MR) is 65.2 cm³/mol. The lowest BCUT2D eigenvalue weighted by Crippen LogP contribution is -2.08. The molecule has 0 saturated carbocycles. The molecule has 0 aliphatic heterocycles. The number of benzene rings is 1. The Hall–Kier alpha value is -1.28. The third kappa shape index (κ3) is 1.65. The molecule has 15 heavy (non-hydrogen) atoms. The summed E-state index contributed by atoms with van der Waals surface area (Å²) >= 11 is 0. The zero-order valence-corrected chi connectivity index (χ0v) is 9.89. The van der Waals surface area contributed by atoms with E-state index >= 15 is 0 Å². The van der Waals surface area contributed by atoms with Gasteiger partial charge in [0.25, 0.3) is 0 Å². The minimum atomic E-state index is 0.920. The van der Waals surface area contributed by atoms with Crippen LogP contribution in [0.1, 0.15) is 16.8 Å². The number of rotatable bonds is 2. The van der Waals surface area contributed by atoms with Gasteiger partial charge in [-0.05, 0) is 38.6 Å². The Labute approximate surface area is 90.9 Å². The molecule has 0 aliphatic rings. The van der Waals surface area contributed by atoms with Gasteiger partial charge in [-0.25, -0.2) is 0 Å². The van der Waals surface area contributed by atoms with Crippen molar-refractivity contribution in [3.63, 3.8) is 0 Å². The molecule has 1 N–H and O–H groups in total. The summed E-state index contributed by atoms with van der Waals surface area (Å²) in [4.78, 5) is 0. The molecule has 2 heteroatoms. The molecule has 0 spiro atoms. The first-order valence-electron chi connectivity index (χ1n) is 5.33. The van der Waals surface area contributed by atoms with Gasteiger partial charge in [-0.1, -0.05) is 11.6 Å². The molecule has 80 valence electrons. The molecule has 0 saturated heterocycles. The van der Waals surface area contributed by atoms with Crippen molar-refractivity contribution in [2.45, 2.75) is 20.4 Å². The van der Waals surface area contributed by atoms with Crippen molar-refractivity contribution in [1.29, 1.82) is 0 Å². The lowest BCUT2D eigenvalue weighted by molar-refractivity contribution is 0.744. The zero-order chi connectivity index (χ0) is 11.0. The zero-order valence-electron chi connectivity index (χ0n) is 9.89. The summed E-state index contributed by atoms with van der Waals surface area (Å²) in [6.45, 7) is 5.25. The standard InChI is InChI=1S/C13H18N2/c1-9-5-10(2)13-11(6-9)7-12(8-14-3)15(13)4/h5-7,14H,8H2,1-4H3. The number of hydrogen-bond acceptors (Lipinski definition) is 1. The van der Waals surface area contributed by atoms with E-state index in [1.807, 2.05) is 7.05 Å². The molecule has 0 amide bonds. The maximum absolute atomic E-state index is 3.20. The van der Waals surface area contributed by atoms with Crippen molar-refractivity contribution < 1.29 is 0 Å². The maximum atomic E-state index is 3.20. The minimum absolute atomic E-state index is 0.920. The van der Waals surface area contributed by atoms with Crippen LogP contribution in [0.15, 0.2) is 18.2 Å². The summed E-state index contributed by atoms with van der Waals surface area (Å²) < 4.78 is 2.28. The molecule has 1 aromatic heterocycles. The van der Waals surface area contributed by atoms with E-state index in [0.717, 1.165) is 6.54 Å². The van der Waals surface area contributed by atoms with Crippen molar-refractivity contribution in [1.82, 2.24) is 9.88 Å². The van der Waals surface area contributed by atoms with Gasteiger partial charge in [0.05, 0.1) is 5.52 Å². The van der Waals surface area contributed by atoms with Gasteiger partial charge in [0.2, 0.25) is 0 Å². The fourth-order valence-electron chi connectivity index (χ4n) is 2.33. The highest BCUT2D eigenvalue weighted by molar-refractivity contribution is 5.85. The first kappa shape index (κ1) is 10.2. The summed E-state index contributed by atoms with van der Waals surface area (Å²) in [5.41, 5.74) is 5.38. The topological polar surface area (TPSA) is 17.0 Å². The van der Waals surface area contributed by atoms with Crippen LogP contribution >= 0.6 is 0 Å². The third-order valence-corrected chi connectivity index (χ3v) is 2.92. The first-order valence-corrected chi connectivity index (χ1v) is 5.33. The molecule has 1 aromatic carbocycles. The van der Waals surface area contributed by atoms with Crippen LogP contribution in [0.5, 0.6) is 0 Å². The van der Waals surface area contributed by atoms with Crippen LogP contribution in [0, 0.1) is 13.8 Å². The van der Waals surface area contributed by atoms with Crippen LogP contribution in [-0.2, 0) is 13.6 Å². The van der Waals surface area contributed by atoms with Crippen LogP contribution in [-0.4, -0.2) is 11.6 Å². The van der Waals surface area contributed by atoms with E-state index in [9.17, 15) is 0 Å². The molecule has 0 atom stereocenters. The van der Waals surface area contributed by atoms with E-state index in [1.54, 1.807) is 0 Å². The molecule has 1 heterocycles. The Morgan fingerprint density at radius 3 is 2.60 bits per heavy atom. The Kier molecular flexibility index (Phi) is 2.53. The Bertz CT molecular complexity index is 495. The maximum Gasteiger partial charge on any atom is 0.0510 e.